The highest BCUT2D eigenvalue weighted by molar-refractivity contribution is 5.62. The Morgan fingerprint density at radius 1 is 1.29 bits per heavy atom. The summed E-state index contributed by atoms with van der Waals surface area (Å²) in [5, 5.41) is 3.48. The molecule has 0 unspecified atom stereocenters. The molecule has 0 bridgehead atoms. The maximum absolute atomic E-state index is 5.88. The second-order valence-corrected chi connectivity index (χ2v) is 4.80. The van der Waals surface area contributed by atoms with Crippen LogP contribution in [-0.2, 0) is 0 Å². The van der Waals surface area contributed by atoms with Gasteiger partial charge in [-0.15, -0.1) is 0 Å². The van der Waals surface area contributed by atoms with Gasteiger partial charge < -0.3 is 11.1 Å². The number of allylic oxidation sites excluding steroid dienone is 1. The molecular weight excluding hydrogens is 208 g/mol. The minimum absolute atomic E-state index is 0.867. The molecule has 0 saturated carbocycles. The zero-order chi connectivity index (χ0) is 12.1. The van der Waals surface area contributed by atoms with Crippen LogP contribution in [0.3, 0.4) is 0 Å². The summed E-state index contributed by atoms with van der Waals surface area (Å²) in [7, 11) is 0. The average Bonchev–Trinajstić information content (AvgIpc) is 2.36. The van der Waals surface area contributed by atoms with Gasteiger partial charge in [0.15, 0.2) is 0 Å². The van der Waals surface area contributed by atoms with E-state index in [1.165, 1.54) is 31.4 Å². The van der Waals surface area contributed by atoms with Crippen LogP contribution in [0.1, 0.15) is 37.7 Å². The Bertz CT molecular complexity index is 407. The molecule has 92 valence electrons. The van der Waals surface area contributed by atoms with Crippen molar-refractivity contribution in [1.82, 2.24) is 0 Å². The van der Waals surface area contributed by atoms with E-state index in [0.717, 1.165) is 24.2 Å². The lowest BCUT2D eigenvalue weighted by atomic mass is 9.97. The maximum atomic E-state index is 5.88. The van der Waals surface area contributed by atoms with E-state index in [4.69, 9.17) is 5.73 Å². The minimum atomic E-state index is 0.867. The third-order valence-electron chi connectivity index (χ3n) is 3.52. The van der Waals surface area contributed by atoms with E-state index in [1.54, 1.807) is 5.57 Å². The third kappa shape index (κ3) is 3.26. The number of nitrogens with two attached hydrogens (primary N) is 1. The molecule has 0 aliphatic heterocycles. The van der Waals surface area contributed by atoms with Crippen LogP contribution in [0, 0.1) is 6.92 Å². The highest BCUT2D eigenvalue weighted by atomic mass is 14.9. The fourth-order valence-corrected chi connectivity index (χ4v) is 2.33. The molecule has 2 heteroatoms. The van der Waals surface area contributed by atoms with Crippen LogP contribution in [0.5, 0.6) is 0 Å². The van der Waals surface area contributed by atoms with E-state index in [9.17, 15) is 0 Å². The molecule has 17 heavy (non-hydrogen) atoms. The summed E-state index contributed by atoms with van der Waals surface area (Å²) in [5.41, 5.74) is 10.7. The number of hydrogen-bond acceptors (Lipinski definition) is 2. The Labute approximate surface area is 104 Å². The first kappa shape index (κ1) is 12.0. The lowest BCUT2D eigenvalue weighted by molar-refractivity contribution is 0.679. The van der Waals surface area contributed by atoms with Crippen LogP contribution in [0.2, 0.25) is 0 Å². The molecule has 0 spiro atoms. The van der Waals surface area contributed by atoms with Gasteiger partial charge in [0.05, 0.1) is 0 Å². The van der Waals surface area contributed by atoms with Crippen LogP contribution >= 0.6 is 0 Å². The smallest absolute Gasteiger partial charge is 0.0390 e. The van der Waals surface area contributed by atoms with Gasteiger partial charge in [-0.05, 0) is 56.7 Å². The van der Waals surface area contributed by atoms with E-state index in [0.29, 0.717) is 0 Å². The van der Waals surface area contributed by atoms with E-state index < -0.39 is 0 Å². The fraction of sp³-hybridized carbons (Fsp3) is 0.467. The van der Waals surface area contributed by atoms with Crippen LogP contribution in [0.15, 0.2) is 29.8 Å². The number of nitrogen functional groups attached to an aromatic ring is 1. The van der Waals surface area contributed by atoms with Crippen molar-refractivity contribution in [2.24, 2.45) is 0 Å². The lowest BCUT2D eigenvalue weighted by Crippen LogP contribution is -2.06. The molecule has 1 aromatic carbocycles. The number of benzene rings is 1. The van der Waals surface area contributed by atoms with E-state index in [1.807, 2.05) is 12.1 Å². The Balaban J connectivity index is 1.85. The summed E-state index contributed by atoms with van der Waals surface area (Å²) in [4.78, 5) is 0. The van der Waals surface area contributed by atoms with Crippen molar-refractivity contribution in [1.29, 1.82) is 0 Å². The molecule has 1 aliphatic rings. The van der Waals surface area contributed by atoms with Gasteiger partial charge in [-0.2, -0.15) is 0 Å². The Kier molecular flexibility index (Phi) is 4.08. The maximum Gasteiger partial charge on any atom is 0.0390 e. The lowest BCUT2D eigenvalue weighted by Gasteiger charge is -2.15. The number of nitrogens with one attached hydrogen (secondary N) is 1. The third-order valence-corrected chi connectivity index (χ3v) is 3.52. The second-order valence-electron chi connectivity index (χ2n) is 4.80. The van der Waals surface area contributed by atoms with Crippen LogP contribution in [-0.4, -0.2) is 6.54 Å². The van der Waals surface area contributed by atoms with Crippen molar-refractivity contribution in [2.75, 3.05) is 17.6 Å². The van der Waals surface area contributed by atoms with E-state index in [2.05, 4.69) is 24.4 Å². The van der Waals surface area contributed by atoms with E-state index >= 15 is 0 Å². The molecule has 0 aromatic heterocycles. The van der Waals surface area contributed by atoms with Crippen LogP contribution < -0.4 is 11.1 Å². The Hall–Kier alpha value is -1.44. The van der Waals surface area contributed by atoms with Gasteiger partial charge in [0.1, 0.15) is 0 Å². The SMILES string of the molecule is Cc1c(N)cccc1NCCC1=CCCCC1. The second kappa shape index (κ2) is 5.76. The monoisotopic (exact) mass is 230 g/mol. The zero-order valence-electron chi connectivity index (χ0n) is 10.6. The summed E-state index contributed by atoms with van der Waals surface area (Å²) in [5.74, 6) is 0. The van der Waals surface area contributed by atoms with Gasteiger partial charge in [-0.3, -0.25) is 0 Å². The van der Waals surface area contributed by atoms with Gasteiger partial charge in [0.25, 0.3) is 0 Å². The first-order chi connectivity index (χ1) is 8.27. The number of rotatable bonds is 4. The van der Waals surface area contributed by atoms with Crippen LogP contribution in [0.4, 0.5) is 11.4 Å². The molecule has 3 N–H and O–H groups in total. The minimum Gasteiger partial charge on any atom is -0.398 e. The van der Waals surface area contributed by atoms with Gasteiger partial charge in [0, 0.05) is 17.9 Å². The van der Waals surface area contributed by atoms with E-state index in [-0.39, 0.29) is 0 Å². The van der Waals surface area contributed by atoms with Crippen molar-refractivity contribution in [3.63, 3.8) is 0 Å². The van der Waals surface area contributed by atoms with Crippen molar-refractivity contribution < 1.29 is 0 Å². The summed E-state index contributed by atoms with van der Waals surface area (Å²) >= 11 is 0. The fourth-order valence-electron chi connectivity index (χ4n) is 2.33. The summed E-state index contributed by atoms with van der Waals surface area (Å²) < 4.78 is 0. The van der Waals surface area contributed by atoms with Gasteiger partial charge in [-0.25, -0.2) is 0 Å². The predicted octanol–water partition coefficient (Wildman–Crippen LogP) is 3.88. The average molecular weight is 230 g/mol. The van der Waals surface area contributed by atoms with Crippen molar-refractivity contribution in [3.8, 4) is 0 Å². The van der Waals surface area contributed by atoms with Crippen molar-refractivity contribution >= 4 is 11.4 Å². The highest BCUT2D eigenvalue weighted by Gasteiger charge is 2.04. The summed E-state index contributed by atoms with van der Waals surface area (Å²) in [6, 6.07) is 6.05. The topological polar surface area (TPSA) is 38.0 Å². The molecular formula is C15H22N2. The van der Waals surface area contributed by atoms with Crippen molar-refractivity contribution in [3.05, 3.63) is 35.4 Å². The normalized spacial score (nSPS) is 15.5. The molecule has 2 nitrogen and oxygen atoms in total. The first-order valence-corrected chi connectivity index (χ1v) is 6.54. The molecule has 0 amide bonds. The molecule has 0 fully saturated rings. The zero-order valence-corrected chi connectivity index (χ0v) is 10.6. The molecule has 0 heterocycles. The predicted molar refractivity (Wildman–Crippen MR) is 75.2 cm³/mol. The molecule has 1 aliphatic carbocycles. The van der Waals surface area contributed by atoms with Crippen molar-refractivity contribution in [2.45, 2.75) is 39.0 Å². The first-order valence-electron chi connectivity index (χ1n) is 6.54. The highest BCUT2D eigenvalue weighted by Crippen LogP contribution is 2.22. The summed E-state index contributed by atoms with van der Waals surface area (Å²) in [6.07, 6.45) is 8.87. The number of hydrogen-bond donors (Lipinski definition) is 2. The summed E-state index contributed by atoms with van der Waals surface area (Å²) in [6.45, 7) is 3.08. The van der Waals surface area contributed by atoms with Crippen LogP contribution in [0.25, 0.3) is 0 Å². The molecule has 0 radical (unpaired) electrons. The quantitative estimate of drug-likeness (QED) is 0.608. The molecule has 1 aromatic rings. The van der Waals surface area contributed by atoms with Gasteiger partial charge in [-0.1, -0.05) is 17.7 Å². The van der Waals surface area contributed by atoms with Gasteiger partial charge in [0.2, 0.25) is 0 Å². The molecule has 0 saturated heterocycles. The van der Waals surface area contributed by atoms with Gasteiger partial charge >= 0.3 is 0 Å². The Morgan fingerprint density at radius 2 is 2.18 bits per heavy atom. The largest absolute Gasteiger partial charge is 0.398 e. The molecule has 0 atom stereocenters. The molecule has 2 rings (SSSR count). The Morgan fingerprint density at radius 3 is 2.94 bits per heavy atom. The number of anilines is 2. The standard InChI is InChI=1S/C15H22N2/c1-12-14(16)8-5-9-15(12)17-11-10-13-6-3-2-4-7-13/h5-6,8-9,17H,2-4,7,10-11,16H2,1H3.